The zero-order chi connectivity index (χ0) is 15.1. The zero-order valence-corrected chi connectivity index (χ0v) is 13.8. The van der Waals surface area contributed by atoms with Crippen LogP contribution in [0.1, 0.15) is 46.2 Å². The van der Waals surface area contributed by atoms with Gasteiger partial charge in [0.2, 0.25) is 0 Å². The van der Waals surface area contributed by atoms with Crippen LogP contribution in [0.2, 0.25) is 5.02 Å². The van der Waals surface area contributed by atoms with Crippen LogP contribution in [0.25, 0.3) is 0 Å². The minimum atomic E-state index is 0. The van der Waals surface area contributed by atoms with Gasteiger partial charge in [0.1, 0.15) is 0 Å². The number of rotatable bonds is 0. The highest BCUT2D eigenvalue weighted by molar-refractivity contribution is 6.30. The first kappa shape index (κ1) is 23.8. The van der Waals surface area contributed by atoms with E-state index in [0.29, 0.717) is 0 Å². The number of benzene rings is 2. The molecule has 2 aromatic rings. The molecule has 2 aromatic carbocycles. The molecule has 0 nitrogen and oxygen atoms in total. The first-order valence-electron chi connectivity index (χ1n) is 6.92. The molecule has 0 spiro atoms. The van der Waals surface area contributed by atoms with Gasteiger partial charge in [-0.1, -0.05) is 100 Å². The Labute approximate surface area is 131 Å². The monoisotopic (exact) mass is 294 g/mol. The van der Waals surface area contributed by atoms with Crippen LogP contribution in [0.3, 0.4) is 0 Å². The van der Waals surface area contributed by atoms with E-state index in [1.54, 1.807) is 0 Å². The summed E-state index contributed by atoms with van der Waals surface area (Å²) in [7, 11) is 0. The summed E-state index contributed by atoms with van der Waals surface area (Å²) in [4.78, 5) is 0. The Morgan fingerprint density at radius 1 is 0.600 bits per heavy atom. The van der Waals surface area contributed by atoms with Gasteiger partial charge in [-0.05, 0) is 26.0 Å². The predicted molar refractivity (Wildman–Crippen MR) is 96.8 cm³/mol. The van der Waals surface area contributed by atoms with Crippen molar-refractivity contribution in [1.82, 2.24) is 0 Å². The first-order chi connectivity index (χ1) is 9.18. The van der Waals surface area contributed by atoms with E-state index >= 15 is 0 Å². The highest BCUT2D eigenvalue weighted by atomic mass is 35.5. The summed E-state index contributed by atoms with van der Waals surface area (Å²) in [5.74, 6) is 0. The second-order valence-corrected chi connectivity index (χ2v) is 3.89. The highest BCUT2D eigenvalue weighted by Gasteiger charge is 1.81. The molecule has 0 fully saturated rings. The fraction of sp³-hybridized carbons (Fsp3) is 0.368. The average molecular weight is 295 g/mol. The fourth-order valence-electron chi connectivity index (χ4n) is 1.07. The van der Waals surface area contributed by atoms with Crippen molar-refractivity contribution in [2.75, 3.05) is 0 Å². The molecule has 0 saturated carbocycles. The van der Waals surface area contributed by atoms with E-state index in [1.807, 2.05) is 77.1 Å². The Morgan fingerprint density at radius 3 is 1.20 bits per heavy atom. The van der Waals surface area contributed by atoms with Gasteiger partial charge in [0.25, 0.3) is 0 Å². The van der Waals surface area contributed by atoms with E-state index in [9.17, 15) is 0 Å². The van der Waals surface area contributed by atoms with Crippen LogP contribution in [0.5, 0.6) is 0 Å². The van der Waals surface area contributed by atoms with Crippen LogP contribution < -0.4 is 0 Å². The maximum Gasteiger partial charge on any atom is 0.0406 e. The van der Waals surface area contributed by atoms with Crippen molar-refractivity contribution in [3.05, 3.63) is 70.7 Å². The minimum Gasteiger partial charge on any atom is -0.0843 e. The van der Waals surface area contributed by atoms with Crippen molar-refractivity contribution >= 4 is 11.6 Å². The van der Waals surface area contributed by atoms with Gasteiger partial charge in [0, 0.05) is 5.02 Å². The number of halogens is 1. The second kappa shape index (κ2) is 17.7. The lowest BCUT2D eigenvalue weighted by molar-refractivity contribution is 1.48. The van der Waals surface area contributed by atoms with Crippen molar-refractivity contribution in [2.24, 2.45) is 0 Å². The lowest BCUT2D eigenvalue weighted by Crippen LogP contribution is -1.66. The van der Waals surface area contributed by atoms with E-state index in [1.165, 1.54) is 11.1 Å². The van der Waals surface area contributed by atoms with Gasteiger partial charge in [0.05, 0.1) is 0 Å². The fourth-order valence-corrected chi connectivity index (χ4v) is 1.19. The molecular formula is C19H31Cl. The van der Waals surface area contributed by atoms with E-state index in [4.69, 9.17) is 11.6 Å². The van der Waals surface area contributed by atoms with Crippen LogP contribution in [0, 0.1) is 13.8 Å². The molecule has 1 heteroatoms. The summed E-state index contributed by atoms with van der Waals surface area (Å²) in [6, 6.07) is 18.0. The largest absolute Gasteiger partial charge is 0.0843 e. The van der Waals surface area contributed by atoms with Crippen molar-refractivity contribution in [2.45, 2.75) is 49.0 Å². The lowest BCUT2D eigenvalue weighted by atomic mass is 10.2. The lowest BCUT2D eigenvalue weighted by Gasteiger charge is -1.88. The standard InChI is InChI=1S/C7H7Cl.C7H8.2C2H6.CH4/c1-6-2-4-7(8)5-3-6;1-7-5-3-2-4-6-7;2*1-2;/h2-5H,1H3;2-6H,1H3;2*1-2H3;1H4. The summed E-state index contributed by atoms with van der Waals surface area (Å²) in [6.45, 7) is 12.1. The maximum atomic E-state index is 5.61. The highest BCUT2D eigenvalue weighted by Crippen LogP contribution is 2.07. The topological polar surface area (TPSA) is 0 Å². The van der Waals surface area contributed by atoms with Crippen LogP contribution in [-0.4, -0.2) is 0 Å². The molecule has 0 radical (unpaired) electrons. The minimum absolute atomic E-state index is 0. The third-order valence-corrected chi connectivity index (χ3v) is 2.20. The zero-order valence-electron chi connectivity index (χ0n) is 13.1. The molecule has 0 heterocycles. The van der Waals surface area contributed by atoms with E-state index in [-0.39, 0.29) is 7.43 Å². The molecule has 114 valence electrons. The SMILES string of the molecule is C.CC.CC.Cc1ccc(Cl)cc1.Cc1ccccc1. The molecule has 0 saturated heterocycles. The van der Waals surface area contributed by atoms with Crippen molar-refractivity contribution in [3.8, 4) is 0 Å². The molecule has 0 aliphatic carbocycles. The Balaban J connectivity index is -0.000000224. The van der Waals surface area contributed by atoms with Crippen molar-refractivity contribution in [1.29, 1.82) is 0 Å². The van der Waals surface area contributed by atoms with Gasteiger partial charge in [-0.3, -0.25) is 0 Å². The van der Waals surface area contributed by atoms with Crippen LogP contribution in [-0.2, 0) is 0 Å². The van der Waals surface area contributed by atoms with Crippen LogP contribution in [0.15, 0.2) is 54.6 Å². The Kier molecular flexibility index (Phi) is 21.1. The molecular weight excluding hydrogens is 264 g/mol. The molecule has 0 N–H and O–H groups in total. The number of aryl methyl sites for hydroxylation is 2. The Hall–Kier alpha value is -1.27. The van der Waals surface area contributed by atoms with Gasteiger partial charge in [-0.15, -0.1) is 0 Å². The quantitative estimate of drug-likeness (QED) is 0.477. The van der Waals surface area contributed by atoms with Crippen LogP contribution >= 0.6 is 11.6 Å². The number of hydrogen-bond acceptors (Lipinski definition) is 0. The molecule has 2 rings (SSSR count). The molecule has 0 amide bonds. The second-order valence-electron chi connectivity index (χ2n) is 3.45. The van der Waals surface area contributed by atoms with Gasteiger partial charge >= 0.3 is 0 Å². The molecule has 20 heavy (non-hydrogen) atoms. The van der Waals surface area contributed by atoms with Crippen molar-refractivity contribution < 1.29 is 0 Å². The van der Waals surface area contributed by atoms with Gasteiger partial charge < -0.3 is 0 Å². The summed E-state index contributed by atoms with van der Waals surface area (Å²) < 4.78 is 0. The third kappa shape index (κ3) is 14.8. The summed E-state index contributed by atoms with van der Waals surface area (Å²) in [5.41, 5.74) is 2.57. The molecule has 0 bridgehead atoms. The number of hydrogen-bond donors (Lipinski definition) is 0. The molecule has 0 aromatic heterocycles. The Morgan fingerprint density at radius 2 is 0.950 bits per heavy atom. The van der Waals surface area contributed by atoms with E-state index < -0.39 is 0 Å². The van der Waals surface area contributed by atoms with E-state index in [2.05, 4.69) is 19.1 Å². The van der Waals surface area contributed by atoms with Gasteiger partial charge in [0.15, 0.2) is 0 Å². The van der Waals surface area contributed by atoms with Gasteiger partial charge in [-0.2, -0.15) is 0 Å². The predicted octanol–water partition coefficient (Wildman–Crippen LogP) is 7.33. The molecule has 0 atom stereocenters. The summed E-state index contributed by atoms with van der Waals surface area (Å²) in [6.07, 6.45) is 0. The van der Waals surface area contributed by atoms with E-state index in [0.717, 1.165) is 5.02 Å². The average Bonchev–Trinajstić information content (AvgIpc) is 2.48. The molecule has 0 aliphatic rings. The van der Waals surface area contributed by atoms with Crippen LogP contribution in [0.4, 0.5) is 0 Å². The van der Waals surface area contributed by atoms with Crippen molar-refractivity contribution in [3.63, 3.8) is 0 Å². The normalized spacial score (nSPS) is 7.35. The maximum absolute atomic E-state index is 5.61. The smallest absolute Gasteiger partial charge is 0.0406 e. The summed E-state index contributed by atoms with van der Waals surface area (Å²) >= 11 is 5.61. The molecule has 0 aliphatic heterocycles. The summed E-state index contributed by atoms with van der Waals surface area (Å²) in [5, 5.41) is 0.801. The molecule has 0 unspecified atom stereocenters. The Bertz CT molecular complexity index is 355. The third-order valence-electron chi connectivity index (χ3n) is 1.95. The van der Waals surface area contributed by atoms with Gasteiger partial charge in [-0.25, -0.2) is 0 Å². The first-order valence-corrected chi connectivity index (χ1v) is 7.30.